The summed E-state index contributed by atoms with van der Waals surface area (Å²) in [6.45, 7) is 5.79. The van der Waals surface area contributed by atoms with Crippen molar-refractivity contribution < 1.29 is 4.74 Å². The molecule has 1 aromatic carbocycles. The van der Waals surface area contributed by atoms with Gasteiger partial charge in [0.15, 0.2) is 11.8 Å². The highest BCUT2D eigenvalue weighted by Gasteiger charge is 2.09. The number of hydrogen-bond acceptors (Lipinski definition) is 4. The molecule has 2 N–H and O–H groups in total. The Hall–Kier alpha value is -1.68. The molecular formula is C17H27IN6O. The van der Waals surface area contributed by atoms with Crippen molar-refractivity contribution in [1.29, 1.82) is 0 Å². The number of nitrogens with one attached hydrogen (secondary N) is 2. The van der Waals surface area contributed by atoms with Crippen LogP contribution < -0.4 is 10.6 Å². The zero-order chi connectivity index (χ0) is 17.4. The predicted octanol–water partition coefficient (Wildman–Crippen LogP) is 2.18. The molecule has 0 amide bonds. The lowest BCUT2D eigenvalue weighted by Crippen LogP contribution is -2.40. The quantitative estimate of drug-likeness (QED) is 0.288. The van der Waals surface area contributed by atoms with Crippen molar-refractivity contribution in [2.45, 2.75) is 26.4 Å². The number of aliphatic imine (C=N–C) groups is 1. The van der Waals surface area contributed by atoms with E-state index in [1.165, 1.54) is 5.56 Å². The summed E-state index contributed by atoms with van der Waals surface area (Å²) in [4.78, 5) is 4.62. The maximum Gasteiger partial charge on any atom is 0.192 e. The van der Waals surface area contributed by atoms with Gasteiger partial charge in [0.25, 0.3) is 0 Å². The van der Waals surface area contributed by atoms with Crippen LogP contribution in [0.2, 0.25) is 0 Å². The fourth-order valence-electron chi connectivity index (χ4n) is 2.19. The van der Waals surface area contributed by atoms with E-state index in [4.69, 9.17) is 4.74 Å². The van der Waals surface area contributed by atoms with Gasteiger partial charge in [-0.15, -0.1) is 34.2 Å². The average Bonchev–Trinajstić information content (AvgIpc) is 2.92. The van der Waals surface area contributed by atoms with Crippen molar-refractivity contribution in [3.05, 3.63) is 47.5 Å². The molecule has 1 aromatic heterocycles. The number of halogens is 1. The maximum atomic E-state index is 5.10. The molecule has 1 heterocycles. The second-order valence-electron chi connectivity index (χ2n) is 5.58. The van der Waals surface area contributed by atoms with Gasteiger partial charge in [-0.2, -0.15) is 0 Å². The first-order valence-electron chi connectivity index (χ1n) is 8.05. The van der Waals surface area contributed by atoms with E-state index < -0.39 is 0 Å². The highest BCUT2D eigenvalue weighted by atomic mass is 127. The Morgan fingerprint density at radius 3 is 2.60 bits per heavy atom. The van der Waals surface area contributed by atoms with E-state index in [9.17, 15) is 0 Å². The van der Waals surface area contributed by atoms with E-state index in [-0.39, 0.29) is 30.0 Å². The first-order valence-corrected chi connectivity index (χ1v) is 8.05. The van der Waals surface area contributed by atoms with Crippen LogP contribution in [0, 0.1) is 6.92 Å². The Morgan fingerprint density at radius 1 is 1.28 bits per heavy atom. The Balaban J connectivity index is 0.00000312. The number of hydrogen-bond donors (Lipinski definition) is 2. The Labute approximate surface area is 166 Å². The molecule has 7 nitrogen and oxygen atoms in total. The molecule has 8 heteroatoms. The van der Waals surface area contributed by atoms with Gasteiger partial charge in [0.2, 0.25) is 0 Å². The summed E-state index contributed by atoms with van der Waals surface area (Å²) in [5, 5.41) is 14.9. The monoisotopic (exact) mass is 458 g/mol. The van der Waals surface area contributed by atoms with Gasteiger partial charge in [0.1, 0.15) is 12.4 Å². The summed E-state index contributed by atoms with van der Waals surface area (Å²) in [5.41, 5.74) is 1.20. The molecule has 1 unspecified atom stereocenters. The van der Waals surface area contributed by atoms with Crippen LogP contribution in [0.3, 0.4) is 0 Å². The van der Waals surface area contributed by atoms with E-state index >= 15 is 0 Å². The molecule has 0 bridgehead atoms. The van der Waals surface area contributed by atoms with Crippen molar-refractivity contribution in [2.24, 2.45) is 12.0 Å². The van der Waals surface area contributed by atoms with Crippen molar-refractivity contribution in [1.82, 2.24) is 25.4 Å². The van der Waals surface area contributed by atoms with Gasteiger partial charge in [0.05, 0.1) is 12.6 Å². The minimum atomic E-state index is 0. The van der Waals surface area contributed by atoms with Crippen molar-refractivity contribution in [3.8, 4) is 0 Å². The number of benzene rings is 1. The summed E-state index contributed by atoms with van der Waals surface area (Å²) in [7, 11) is 3.62. The molecule has 0 saturated carbocycles. The van der Waals surface area contributed by atoms with Crippen LogP contribution in [0.4, 0.5) is 0 Å². The SMILES string of the molecule is COCCNC(=NCc1nnc(C)n1C)NC(C)c1ccccc1.I. The molecule has 0 saturated heterocycles. The van der Waals surface area contributed by atoms with E-state index in [2.05, 4.69) is 44.9 Å². The van der Waals surface area contributed by atoms with Gasteiger partial charge < -0.3 is 19.9 Å². The fourth-order valence-corrected chi connectivity index (χ4v) is 2.19. The van der Waals surface area contributed by atoms with Gasteiger partial charge in [0, 0.05) is 20.7 Å². The van der Waals surface area contributed by atoms with Gasteiger partial charge in [-0.3, -0.25) is 0 Å². The first kappa shape index (κ1) is 21.4. The molecule has 2 aromatic rings. The molecule has 0 fully saturated rings. The molecule has 2 rings (SSSR count). The molecule has 0 aliphatic rings. The summed E-state index contributed by atoms with van der Waals surface area (Å²) in [5.74, 6) is 2.43. The minimum Gasteiger partial charge on any atom is -0.383 e. The lowest BCUT2D eigenvalue weighted by molar-refractivity contribution is 0.203. The number of ether oxygens (including phenoxy) is 1. The highest BCUT2D eigenvalue weighted by molar-refractivity contribution is 14.0. The summed E-state index contributed by atoms with van der Waals surface area (Å²) in [6.07, 6.45) is 0. The Bertz CT molecular complexity index is 658. The molecule has 138 valence electrons. The maximum absolute atomic E-state index is 5.10. The van der Waals surface area contributed by atoms with Crippen LogP contribution in [-0.2, 0) is 18.3 Å². The van der Waals surface area contributed by atoms with Crippen molar-refractivity contribution in [2.75, 3.05) is 20.3 Å². The van der Waals surface area contributed by atoms with E-state index in [1.807, 2.05) is 36.7 Å². The fraction of sp³-hybridized carbons (Fsp3) is 0.471. The molecule has 25 heavy (non-hydrogen) atoms. The van der Waals surface area contributed by atoms with Gasteiger partial charge in [-0.05, 0) is 19.4 Å². The zero-order valence-electron chi connectivity index (χ0n) is 15.2. The Morgan fingerprint density at radius 2 is 2.00 bits per heavy atom. The zero-order valence-corrected chi connectivity index (χ0v) is 17.5. The molecule has 0 aliphatic carbocycles. The standard InChI is InChI=1S/C17H26N6O.HI/c1-13(15-8-6-5-7-9-15)20-17(18-10-11-24-4)19-12-16-22-21-14(2)23(16)3;/h5-9,13H,10-12H2,1-4H3,(H2,18,19,20);1H. The van der Waals surface area contributed by atoms with Gasteiger partial charge >= 0.3 is 0 Å². The van der Waals surface area contributed by atoms with Crippen LogP contribution in [0.15, 0.2) is 35.3 Å². The Kier molecular flexibility index (Phi) is 9.43. The average molecular weight is 458 g/mol. The predicted molar refractivity (Wildman–Crippen MR) is 110 cm³/mol. The molecular weight excluding hydrogens is 431 g/mol. The number of aryl methyl sites for hydroxylation is 1. The first-order chi connectivity index (χ1) is 11.6. The van der Waals surface area contributed by atoms with Crippen LogP contribution in [0.25, 0.3) is 0 Å². The van der Waals surface area contributed by atoms with E-state index in [0.717, 1.165) is 17.6 Å². The highest BCUT2D eigenvalue weighted by Crippen LogP contribution is 2.10. The lowest BCUT2D eigenvalue weighted by atomic mass is 10.1. The van der Waals surface area contributed by atoms with Gasteiger partial charge in [-0.1, -0.05) is 30.3 Å². The largest absolute Gasteiger partial charge is 0.383 e. The van der Waals surface area contributed by atoms with Crippen LogP contribution in [0.5, 0.6) is 0 Å². The summed E-state index contributed by atoms with van der Waals surface area (Å²) >= 11 is 0. The third-order valence-corrected chi connectivity index (χ3v) is 3.81. The third-order valence-electron chi connectivity index (χ3n) is 3.81. The smallest absolute Gasteiger partial charge is 0.192 e. The minimum absolute atomic E-state index is 0. The summed E-state index contributed by atoms with van der Waals surface area (Å²) < 4.78 is 7.04. The number of guanidine groups is 1. The molecule has 1 atom stereocenters. The van der Waals surface area contributed by atoms with E-state index in [1.54, 1.807) is 7.11 Å². The second-order valence-corrected chi connectivity index (χ2v) is 5.58. The normalized spacial score (nSPS) is 12.4. The molecule has 0 aliphatic heterocycles. The lowest BCUT2D eigenvalue weighted by Gasteiger charge is -2.18. The molecule has 0 spiro atoms. The summed E-state index contributed by atoms with van der Waals surface area (Å²) in [6, 6.07) is 10.4. The van der Waals surface area contributed by atoms with Crippen LogP contribution >= 0.6 is 24.0 Å². The number of aromatic nitrogens is 3. The van der Waals surface area contributed by atoms with Crippen LogP contribution in [-0.4, -0.2) is 41.0 Å². The van der Waals surface area contributed by atoms with Gasteiger partial charge in [-0.25, -0.2) is 4.99 Å². The number of nitrogens with zero attached hydrogens (tertiary/aromatic N) is 4. The molecule has 0 radical (unpaired) electrons. The second kappa shape index (κ2) is 11.0. The van der Waals surface area contributed by atoms with Crippen molar-refractivity contribution >= 4 is 29.9 Å². The number of rotatable bonds is 7. The third kappa shape index (κ3) is 6.62. The number of methoxy groups -OCH3 is 1. The topological polar surface area (TPSA) is 76.4 Å². The van der Waals surface area contributed by atoms with Crippen molar-refractivity contribution in [3.63, 3.8) is 0 Å². The van der Waals surface area contributed by atoms with E-state index in [0.29, 0.717) is 19.7 Å². The van der Waals surface area contributed by atoms with Crippen LogP contribution in [0.1, 0.15) is 30.2 Å².